The molecule has 3 nitrogen and oxygen atoms in total. The Balaban J connectivity index is 2.17. The zero-order chi connectivity index (χ0) is 13.8. The molecule has 1 heterocycles. The Hall–Kier alpha value is -1.12. The molecule has 0 saturated heterocycles. The highest BCUT2D eigenvalue weighted by Gasteiger charge is 2.24. The van der Waals surface area contributed by atoms with Crippen LogP contribution < -0.4 is 5.32 Å². The van der Waals surface area contributed by atoms with Crippen LogP contribution in [0.5, 0.6) is 0 Å². The maximum Gasteiger partial charge on any atom is 0.134 e. The van der Waals surface area contributed by atoms with E-state index in [1.807, 2.05) is 7.05 Å². The van der Waals surface area contributed by atoms with E-state index in [0.717, 1.165) is 23.3 Å². The molecule has 0 bridgehead atoms. The number of aromatic nitrogens is 2. The summed E-state index contributed by atoms with van der Waals surface area (Å²) in [5.74, 6) is 3.97. The topological polar surface area (TPSA) is 37.8 Å². The van der Waals surface area contributed by atoms with Gasteiger partial charge in [-0.3, -0.25) is 0 Å². The van der Waals surface area contributed by atoms with E-state index < -0.39 is 0 Å². The second-order valence-electron chi connectivity index (χ2n) is 6.07. The van der Waals surface area contributed by atoms with Gasteiger partial charge in [0.05, 0.1) is 0 Å². The van der Waals surface area contributed by atoms with Crippen molar-refractivity contribution in [1.82, 2.24) is 9.97 Å². The monoisotopic (exact) mass is 261 g/mol. The zero-order valence-electron chi connectivity index (χ0n) is 12.7. The molecule has 3 heteroatoms. The molecule has 0 aliphatic heterocycles. The van der Waals surface area contributed by atoms with Gasteiger partial charge in [0.1, 0.15) is 11.6 Å². The van der Waals surface area contributed by atoms with Gasteiger partial charge in [-0.2, -0.15) is 0 Å². The van der Waals surface area contributed by atoms with Crippen LogP contribution >= 0.6 is 0 Å². The molecule has 1 aromatic rings. The van der Waals surface area contributed by atoms with Crippen LogP contribution in [0.2, 0.25) is 0 Å². The van der Waals surface area contributed by atoms with Gasteiger partial charge in [0.2, 0.25) is 0 Å². The molecule has 0 radical (unpaired) electrons. The summed E-state index contributed by atoms with van der Waals surface area (Å²) in [6.07, 6.45) is 6.50. The number of rotatable bonds is 4. The van der Waals surface area contributed by atoms with Gasteiger partial charge < -0.3 is 5.32 Å². The molecule has 1 saturated carbocycles. The minimum Gasteiger partial charge on any atom is -0.373 e. The number of nitrogens with one attached hydrogen (secondary N) is 1. The normalized spacial score (nSPS) is 23.6. The van der Waals surface area contributed by atoms with Gasteiger partial charge in [0, 0.05) is 24.7 Å². The third-order valence-corrected chi connectivity index (χ3v) is 4.40. The van der Waals surface area contributed by atoms with E-state index >= 15 is 0 Å². The number of hydrogen-bond acceptors (Lipinski definition) is 3. The molecule has 0 aromatic carbocycles. The quantitative estimate of drug-likeness (QED) is 0.876. The molecule has 1 aromatic heterocycles. The fraction of sp³-hybridized carbons (Fsp3) is 0.750. The number of nitrogens with zero attached hydrogens (tertiary/aromatic N) is 2. The van der Waals surface area contributed by atoms with Crippen LogP contribution in [0.25, 0.3) is 0 Å². The lowest BCUT2D eigenvalue weighted by atomic mass is 9.80. The van der Waals surface area contributed by atoms with Gasteiger partial charge in [0.25, 0.3) is 0 Å². The van der Waals surface area contributed by atoms with Crippen molar-refractivity contribution in [3.8, 4) is 0 Å². The van der Waals surface area contributed by atoms with E-state index in [1.54, 1.807) is 0 Å². The molecule has 1 aliphatic carbocycles. The van der Waals surface area contributed by atoms with Gasteiger partial charge in [-0.15, -0.1) is 0 Å². The Labute approximate surface area is 117 Å². The van der Waals surface area contributed by atoms with Gasteiger partial charge in [0.15, 0.2) is 0 Å². The van der Waals surface area contributed by atoms with E-state index in [1.165, 1.54) is 32.1 Å². The first-order valence-electron chi connectivity index (χ1n) is 7.70. The van der Waals surface area contributed by atoms with Crippen molar-refractivity contribution < 1.29 is 0 Å². The third kappa shape index (κ3) is 3.46. The summed E-state index contributed by atoms with van der Waals surface area (Å²) in [5.41, 5.74) is 1.16. The first-order valence-corrected chi connectivity index (χ1v) is 7.70. The molecule has 0 spiro atoms. The molecule has 2 rings (SSSR count). The standard InChI is InChI=1S/C16H27N3/c1-5-12-6-8-13(9-7-12)16-18-14(11(2)3)10-15(17-4)19-16/h10-13H,5-9H2,1-4H3,(H,17,18,19). The molecule has 1 aliphatic rings. The lowest BCUT2D eigenvalue weighted by Crippen LogP contribution is -2.16. The van der Waals surface area contributed by atoms with Crippen LogP contribution in [0.1, 0.15) is 76.2 Å². The summed E-state index contributed by atoms with van der Waals surface area (Å²) < 4.78 is 0. The van der Waals surface area contributed by atoms with Crippen LogP contribution in [-0.2, 0) is 0 Å². The first-order chi connectivity index (χ1) is 9.13. The van der Waals surface area contributed by atoms with E-state index in [-0.39, 0.29) is 0 Å². The molecule has 19 heavy (non-hydrogen) atoms. The van der Waals surface area contributed by atoms with Crippen molar-refractivity contribution >= 4 is 5.82 Å². The Kier molecular flexibility index (Phi) is 4.78. The molecule has 106 valence electrons. The van der Waals surface area contributed by atoms with Gasteiger partial charge >= 0.3 is 0 Å². The summed E-state index contributed by atoms with van der Waals surface area (Å²) in [7, 11) is 1.93. The van der Waals surface area contributed by atoms with Crippen LogP contribution in [0, 0.1) is 5.92 Å². The molecule has 1 fully saturated rings. The summed E-state index contributed by atoms with van der Waals surface area (Å²) in [6.45, 7) is 6.69. The van der Waals surface area contributed by atoms with E-state index in [9.17, 15) is 0 Å². The summed E-state index contributed by atoms with van der Waals surface area (Å²) in [5, 5.41) is 3.17. The van der Waals surface area contributed by atoms with E-state index in [2.05, 4.69) is 37.1 Å². The minimum atomic E-state index is 0.459. The fourth-order valence-corrected chi connectivity index (χ4v) is 2.92. The predicted molar refractivity (Wildman–Crippen MR) is 80.7 cm³/mol. The lowest BCUT2D eigenvalue weighted by molar-refractivity contribution is 0.312. The highest BCUT2D eigenvalue weighted by atomic mass is 15.0. The molecule has 1 N–H and O–H groups in total. The van der Waals surface area contributed by atoms with Crippen molar-refractivity contribution in [2.45, 2.75) is 64.7 Å². The smallest absolute Gasteiger partial charge is 0.134 e. The van der Waals surface area contributed by atoms with Gasteiger partial charge in [-0.25, -0.2) is 9.97 Å². The van der Waals surface area contributed by atoms with Crippen LogP contribution in [0.4, 0.5) is 5.82 Å². The molecule has 0 unspecified atom stereocenters. The molecule has 0 atom stereocenters. The Morgan fingerprint density at radius 1 is 1.21 bits per heavy atom. The fourth-order valence-electron chi connectivity index (χ4n) is 2.92. The largest absolute Gasteiger partial charge is 0.373 e. The third-order valence-electron chi connectivity index (χ3n) is 4.40. The zero-order valence-corrected chi connectivity index (χ0v) is 12.7. The maximum absolute atomic E-state index is 4.80. The number of anilines is 1. The molecular formula is C16H27N3. The van der Waals surface area contributed by atoms with Crippen LogP contribution in [0.3, 0.4) is 0 Å². The van der Waals surface area contributed by atoms with Crippen molar-refractivity contribution in [3.63, 3.8) is 0 Å². The average Bonchev–Trinajstić information content (AvgIpc) is 2.46. The van der Waals surface area contributed by atoms with Gasteiger partial charge in [-0.1, -0.05) is 27.2 Å². The highest BCUT2D eigenvalue weighted by Crippen LogP contribution is 2.36. The van der Waals surface area contributed by atoms with Crippen molar-refractivity contribution in [2.75, 3.05) is 12.4 Å². The summed E-state index contributed by atoms with van der Waals surface area (Å²) in [6, 6.07) is 2.08. The summed E-state index contributed by atoms with van der Waals surface area (Å²) in [4.78, 5) is 9.49. The molecular weight excluding hydrogens is 234 g/mol. The first kappa shape index (κ1) is 14.3. The Morgan fingerprint density at radius 3 is 2.42 bits per heavy atom. The lowest BCUT2D eigenvalue weighted by Gasteiger charge is -2.27. The SMILES string of the molecule is CCC1CCC(c2nc(NC)cc(C(C)C)n2)CC1. The van der Waals surface area contributed by atoms with E-state index in [0.29, 0.717) is 11.8 Å². The highest BCUT2D eigenvalue weighted by molar-refractivity contribution is 5.36. The molecule has 0 amide bonds. The Morgan fingerprint density at radius 2 is 1.89 bits per heavy atom. The van der Waals surface area contributed by atoms with Gasteiger partial charge in [-0.05, 0) is 37.5 Å². The maximum atomic E-state index is 4.80. The second-order valence-corrected chi connectivity index (χ2v) is 6.07. The number of hydrogen-bond donors (Lipinski definition) is 1. The van der Waals surface area contributed by atoms with Crippen LogP contribution in [-0.4, -0.2) is 17.0 Å². The average molecular weight is 261 g/mol. The Bertz CT molecular complexity index is 406. The second kappa shape index (κ2) is 6.36. The minimum absolute atomic E-state index is 0.459. The predicted octanol–water partition coefficient (Wildman–Crippen LogP) is 4.33. The van der Waals surface area contributed by atoms with Crippen molar-refractivity contribution in [1.29, 1.82) is 0 Å². The van der Waals surface area contributed by atoms with Crippen LogP contribution in [0.15, 0.2) is 6.07 Å². The van der Waals surface area contributed by atoms with Crippen molar-refractivity contribution in [2.24, 2.45) is 5.92 Å². The summed E-state index contributed by atoms with van der Waals surface area (Å²) >= 11 is 0. The van der Waals surface area contributed by atoms with E-state index in [4.69, 9.17) is 4.98 Å². The van der Waals surface area contributed by atoms with Crippen molar-refractivity contribution in [3.05, 3.63) is 17.6 Å².